The topological polar surface area (TPSA) is 62.5 Å². The molecule has 0 saturated carbocycles. The summed E-state index contributed by atoms with van der Waals surface area (Å²) in [7, 11) is 0. The molecule has 0 amide bonds. The number of hydrogen-bond donors (Lipinski definition) is 0. The first-order chi connectivity index (χ1) is 13.7. The molecule has 0 N–H and O–H groups in total. The molecule has 1 aromatic carbocycles. The van der Waals surface area contributed by atoms with Crippen molar-refractivity contribution in [2.45, 2.75) is 26.2 Å². The van der Waals surface area contributed by atoms with Gasteiger partial charge in [0, 0.05) is 35.1 Å². The number of aromatic nitrogens is 3. The summed E-state index contributed by atoms with van der Waals surface area (Å²) in [4.78, 5) is 13.3. The number of pyridine rings is 1. The van der Waals surface area contributed by atoms with Gasteiger partial charge < -0.3 is 0 Å². The monoisotopic (exact) mass is 366 g/mol. The summed E-state index contributed by atoms with van der Waals surface area (Å²) in [5.74, 6) is 1.40. The average Bonchev–Trinajstić information content (AvgIpc) is 2.74. The van der Waals surface area contributed by atoms with Crippen LogP contribution in [0.2, 0.25) is 0 Å². The largest absolute Gasteiger partial charge is 0.256 e. The highest BCUT2D eigenvalue weighted by Gasteiger charge is 2.30. The van der Waals surface area contributed by atoms with Gasteiger partial charge in [-0.05, 0) is 42.0 Å². The standard InChI is InChI=1S/C24H22N4/c1-16-11-24-23(14-26-15-28-24)21(17(16)2)10-9-20-8-7-19(13-27-20)22-6-4-3-5-18(22)12-25/h3-10,13-17,21H,11H2,1-2H3/b10-9+/t16?,17-,21?/m1/s1. The van der Waals surface area contributed by atoms with E-state index in [9.17, 15) is 5.26 Å². The Bertz CT molecular complexity index is 1050. The molecule has 2 heterocycles. The first-order valence-corrected chi connectivity index (χ1v) is 9.60. The number of allylic oxidation sites excluding steroid dienone is 1. The number of nitriles is 1. The van der Waals surface area contributed by atoms with Crippen LogP contribution in [0.5, 0.6) is 0 Å². The van der Waals surface area contributed by atoms with Crippen LogP contribution in [0, 0.1) is 23.2 Å². The molecule has 4 rings (SSSR count). The van der Waals surface area contributed by atoms with E-state index in [1.165, 1.54) is 5.56 Å². The van der Waals surface area contributed by atoms with Crippen molar-refractivity contribution in [2.75, 3.05) is 0 Å². The number of rotatable bonds is 3. The molecule has 1 aliphatic rings. The fourth-order valence-corrected chi connectivity index (χ4v) is 3.92. The Morgan fingerprint density at radius 2 is 1.93 bits per heavy atom. The first-order valence-electron chi connectivity index (χ1n) is 9.60. The molecule has 0 bridgehead atoms. The maximum atomic E-state index is 9.30. The molecule has 3 atom stereocenters. The fourth-order valence-electron chi connectivity index (χ4n) is 3.92. The van der Waals surface area contributed by atoms with Crippen LogP contribution >= 0.6 is 0 Å². The van der Waals surface area contributed by atoms with Crippen molar-refractivity contribution in [3.8, 4) is 17.2 Å². The lowest BCUT2D eigenvalue weighted by atomic mass is 9.72. The van der Waals surface area contributed by atoms with Gasteiger partial charge in [-0.25, -0.2) is 9.97 Å². The van der Waals surface area contributed by atoms with Crippen molar-refractivity contribution < 1.29 is 0 Å². The minimum atomic E-state index is 0.292. The van der Waals surface area contributed by atoms with E-state index in [1.54, 1.807) is 6.33 Å². The van der Waals surface area contributed by atoms with Crippen molar-refractivity contribution in [2.24, 2.45) is 11.8 Å². The van der Waals surface area contributed by atoms with Gasteiger partial charge in [0.25, 0.3) is 0 Å². The van der Waals surface area contributed by atoms with Crippen LogP contribution in [0.4, 0.5) is 0 Å². The summed E-state index contributed by atoms with van der Waals surface area (Å²) in [6.45, 7) is 4.58. The second kappa shape index (κ2) is 7.74. The van der Waals surface area contributed by atoms with E-state index in [2.05, 4.69) is 47.0 Å². The van der Waals surface area contributed by atoms with Gasteiger partial charge in [-0.15, -0.1) is 0 Å². The van der Waals surface area contributed by atoms with Crippen molar-refractivity contribution in [1.82, 2.24) is 15.0 Å². The Morgan fingerprint density at radius 1 is 1.07 bits per heavy atom. The predicted molar refractivity (Wildman–Crippen MR) is 110 cm³/mol. The number of nitrogens with zero attached hydrogens (tertiary/aromatic N) is 4. The molecule has 0 spiro atoms. The molecule has 4 heteroatoms. The van der Waals surface area contributed by atoms with E-state index in [-0.39, 0.29) is 0 Å². The number of fused-ring (bicyclic) bond motifs is 1. The van der Waals surface area contributed by atoms with Gasteiger partial charge in [-0.3, -0.25) is 4.98 Å². The fraction of sp³-hybridized carbons (Fsp3) is 0.250. The molecule has 2 unspecified atom stereocenters. The van der Waals surface area contributed by atoms with Crippen LogP contribution in [0.3, 0.4) is 0 Å². The van der Waals surface area contributed by atoms with Crippen molar-refractivity contribution >= 4 is 6.08 Å². The second-order valence-electron chi connectivity index (χ2n) is 7.48. The molecule has 0 aliphatic heterocycles. The Balaban J connectivity index is 1.60. The number of hydrogen-bond acceptors (Lipinski definition) is 4. The molecule has 138 valence electrons. The van der Waals surface area contributed by atoms with Gasteiger partial charge in [0.15, 0.2) is 0 Å². The third-order valence-corrected chi connectivity index (χ3v) is 5.78. The lowest BCUT2D eigenvalue weighted by Crippen LogP contribution is -2.25. The smallest absolute Gasteiger partial charge is 0.115 e. The van der Waals surface area contributed by atoms with Crippen LogP contribution in [0.15, 0.2) is 61.2 Å². The van der Waals surface area contributed by atoms with Crippen LogP contribution in [0.25, 0.3) is 17.2 Å². The Hall–Kier alpha value is -3.32. The molecule has 0 radical (unpaired) electrons. The van der Waals surface area contributed by atoms with Gasteiger partial charge in [0.05, 0.1) is 17.3 Å². The summed E-state index contributed by atoms with van der Waals surface area (Å²) < 4.78 is 0. The minimum Gasteiger partial charge on any atom is -0.256 e. The Labute approximate surface area is 165 Å². The van der Waals surface area contributed by atoms with E-state index < -0.39 is 0 Å². The minimum absolute atomic E-state index is 0.292. The first kappa shape index (κ1) is 18.1. The third kappa shape index (κ3) is 3.44. The highest BCUT2D eigenvalue weighted by molar-refractivity contribution is 5.70. The van der Waals surface area contributed by atoms with E-state index in [4.69, 9.17) is 0 Å². The molecule has 0 fully saturated rings. The predicted octanol–water partition coefficient (Wildman–Crippen LogP) is 5.04. The summed E-state index contributed by atoms with van der Waals surface area (Å²) in [6, 6.07) is 13.9. The van der Waals surface area contributed by atoms with Gasteiger partial charge in [-0.2, -0.15) is 5.26 Å². The van der Waals surface area contributed by atoms with Crippen LogP contribution < -0.4 is 0 Å². The SMILES string of the molecule is CC1Cc2ncncc2C(/C=C/c2ccc(-c3ccccc3C#N)cn2)[C@@H]1C. The Morgan fingerprint density at radius 3 is 2.71 bits per heavy atom. The molecule has 2 aromatic heterocycles. The van der Waals surface area contributed by atoms with Gasteiger partial charge in [0.1, 0.15) is 6.33 Å². The quantitative estimate of drug-likeness (QED) is 0.652. The zero-order valence-corrected chi connectivity index (χ0v) is 16.1. The molecule has 1 aliphatic carbocycles. The summed E-state index contributed by atoms with van der Waals surface area (Å²) in [5, 5.41) is 9.30. The second-order valence-corrected chi connectivity index (χ2v) is 7.48. The highest BCUT2D eigenvalue weighted by atomic mass is 14.8. The lowest BCUT2D eigenvalue weighted by Gasteiger charge is -2.33. The van der Waals surface area contributed by atoms with Gasteiger partial charge in [-0.1, -0.05) is 44.2 Å². The third-order valence-electron chi connectivity index (χ3n) is 5.78. The molecular weight excluding hydrogens is 344 g/mol. The number of benzene rings is 1. The molecule has 4 nitrogen and oxygen atoms in total. The van der Waals surface area contributed by atoms with E-state index in [0.717, 1.165) is 28.9 Å². The lowest BCUT2D eigenvalue weighted by molar-refractivity contribution is 0.326. The average molecular weight is 366 g/mol. The van der Waals surface area contributed by atoms with Crippen molar-refractivity contribution in [3.05, 3.63) is 83.7 Å². The maximum absolute atomic E-state index is 9.30. The molecule has 28 heavy (non-hydrogen) atoms. The van der Waals surface area contributed by atoms with Crippen LogP contribution in [-0.4, -0.2) is 15.0 Å². The summed E-state index contributed by atoms with van der Waals surface area (Å²) in [6.07, 6.45) is 10.7. The molecule has 3 aromatic rings. The van der Waals surface area contributed by atoms with Crippen molar-refractivity contribution in [3.63, 3.8) is 0 Å². The Kier molecular flexibility index (Phi) is 4.99. The highest BCUT2D eigenvalue weighted by Crippen LogP contribution is 2.39. The van der Waals surface area contributed by atoms with Crippen LogP contribution in [0.1, 0.15) is 42.3 Å². The zero-order chi connectivity index (χ0) is 19.5. The van der Waals surface area contributed by atoms with Crippen molar-refractivity contribution in [1.29, 1.82) is 5.26 Å². The van der Waals surface area contributed by atoms with E-state index in [0.29, 0.717) is 23.3 Å². The van der Waals surface area contributed by atoms with Crippen LogP contribution in [-0.2, 0) is 6.42 Å². The van der Waals surface area contributed by atoms with Gasteiger partial charge >= 0.3 is 0 Å². The summed E-state index contributed by atoms with van der Waals surface area (Å²) in [5.41, 5.74) is 5.81. The van der Waals surface area contributed by atoms with E-state index >= 15 is 0 Å². The zero-order valence-electron chi connectivity index (χ0n) is 16.1. The molecule has 0 saturated heterocycles. The molecular formula is C24H22N4. The normalized spacial score (nSPS) is 21.2. The van der Waals surface area contributed by atoms with E-state index in [1.807, 2.05) is 48.8 Å². The maximum Gasteiger partial charge on any atom is 0.115 e. The summed E-state index contributed by atoms with van der Waals surface area (Å²) >= 11 is 0. The van der Waals surface area contributed by atoms with Gasteiger partial charge in [0.2, 0.25) is 0 Å².